The van der Waals surface area contributed by atoms with Crippen LogP contribution in [0.2, 0.25) is 0 Å². The molecule has 11 heteroatoms. The average molecular weight is 472 g/mol. The van der Waals surface area contributed by atoms with Gasteiger partial charge in [0.1, 0.15) is 12.4 Å². The third-order valence-electron chi connectivity index (χ3n) is 5.54. The summed E-state index contributed by atoms with van der Waals surface area (Å²) in [6.07, 6.45) is -9.37. The molecule has 5 nitrogen and oxygen atoms in total. The van der Waals surface area contributed by atoms with E-state index < -0.39 is 47.7 Å². The number of carbonyl (C=O) groups is 1. The molecule has 0 fully saturated rings. The lowest BCUT2D eigenvalue weighted by molar-refractivity contribution is -0.144. The number of hydrogen-bond donors (Lipinski definition) is 3. The topological polar surface area (TPSA) is 74.4 Å². The number of H-pyrrole nitrogens is 1. The molecule has 0 unspecified atom stereocenters. The number of alkyl halides is 6. The molecule has 1 aliphatic heterocycles. The summed E-state index contributed by atoms with van der Waals surface area (Å²) in [5.74, 6) is -0.717. The van der Waals surface area contributed by atoms with E-state index in [-0.39, 0.29) is 18.2 Å². The fraction of sp³-hybridized carbons (Fsp3) is 0.318. The van der Waals surface area contributed by atoms with Crippen LogP contribution < -0.4 is 10.1 Å². The highest BCUT2D eigenvalue weighted by atomic mass is 19.4. The second-order valence-electron chi connectivity index (χ2n) is 7.74. The Hall–Kier alpha value is -3.21. The van der Waals surface area contributed by atoms with Gasteiger partial charge in [-0.15, -0.1) is 0 Å². The van der Waals surface area contributed by atoms with E-state index in [1.807, 2.05) is 0 Å². The molecule has 2 aromatic carbocycles. The van der Waals surface area contributed by atoms with Gasteiger partial charge in [-0.2, -0.15) is 26.3 Å². The maximum absolute atomic E-state index is 13.3. The van der Waals surface area contributed by atoms with Crippen molar-refractivity contribution in [3.63, 3.8) is 0 Å². The van der Waals surface area contributed by atoms with E-state index in [0.29, 0.717) is 19.0 Å². The first-order chi connectivity index (χ1) is 15.4. The van der Waals surface area contributed by atoms with E-state index >= 15 is 0 Å². The van der Waals surface area contributed by atoms with Crippen molar-refractivity contribution in [2.45, 2.75) is 37.8 Å². The summed E-state index contributed by atoms with van der Waals surface area (Å²) in [7, 11) is 0. The summed E-state index contributed by atoms with van der Waals surface area (Å²) in [4.78, 5) is 14.3. The van der Waals surface area contributed by atoms with Crippen molar-refractivity contribution in [1.29, 1.82) is 0 Å². The van der Waals surface area contributed by atoms with Gasteiger partial charge in [-0.3, -0.25) is 4.79 Å². The van der Waals surface area contributed by atoms with Crippen LogP contribution in [0.4, 0.5) is 26.3 Å². The van der Waals surface area contributed by atoms with Crippen molar-refractivity contribution in [3.05, 3.63) is 64.3 Å². The Morgan fingerprint density at radius 3 is 2.48 bits per heavy atom. The molecular formula is C22H18F6N2O3. The molecule has 3 aromatic rings. The van der Waals surface area contributed by atoms with Gasteiger partial charge in [-0.05, 0) is 48.9 Å². The Morgan fingerprint density at radius 2 is 1.82 bits per heavy atom. The number of benzene rings is 2. The summed E-state index contributed by atoms with van der Waals surface area (Å²) in [6, 6.07) is 5.87. The van der Waals surface area contributed by atoms with Crippen molar-refractivity contribution in [2.24, 2.45) is 0 Å². The predicted octanol–water partition coefficient (Wildman–Crippen LogP) is 5.45. The van der Waals surface area contributed by atoms with Crippen LogP contribution in [0.1, 0.15) is 40.4 Å². The first-order valence-corrected chi connectivity index (χ1v) is 9.93. The number of rotatable bonds is 5. The minimum Gasteiger partial charge on any atom is -0.489 e. The minimum absolute atomic E-state index is 0.0833. The normalized spacial score (nSPS) is 16.6. The second-order valence-corrected chi connectivity index (χ2v) is 7.74. The molecule has 0 spiro atoms. The summed E-state index contributed by atoms with van der Waals surface area (Å²) >= 11 is 0. The van der Waals surface area contributed by atoms with Crippen LogP contribution in [0.3, 0.4) is 0 Å². The molecule has 0 bridgehead atoms. The molecule has 0 saturated heterocycles. The smallest absolute Gasteiger partial charge is 0.416 e. The molecule has 1 aromatic heterocycles. The number of carboxylic acid groups (broad SMARTS) is 1. The van der Waals surface area contributed by atoms with Crippen LogP contribution in [-0.2, 0) is 30.2 Å². The van der Waals surface area contributed by atoms with Crippen molar-refractivity contribution < 1.29 is 41.0 Å². The van der Waals surface area contributed by atoms with Crippen molar-refractivity contribution in [2.75, 3.05) is 6.54 Å². The van der Waals surface area contributed by atoms with Gasteiger partial charge in [0, 0.05) is 22.2 Å². The number of carboxylic acids is 1. The highest BCUT2D eigenvalue weighted by molar-refractivity contribution is 5.86. The third-order valence-corrected chi connectivity index (χ3v) is 5.54. The van der Waals surface area contributed by atoms with Gasteiger partial charge in [0.15, 0.2) is 0 Å². The average Bonchev–Trinajstić information content (AvgIpc) is 3.09. The summed E-state index contributed by atoms with van der Waals surface area (Å²) < 4.78 is 84.1. The summed E-state index contributed by atoms with van der Waals surface area (Å²) in [5, 5.41) is 13.0. The first kappa shape index (κ1) is 23.0. The number of nitrogens with one attached hydrogen (secondary N) is 2. The molecule has 0 saturated carbocycles. The van der Waals surface area contributed by atoms with Crippen molar-refractivity contribution >= 4 is 16.9 Å². The van der Waals surface area contributed by atoms with Crippen LogP contribution in [0.5, 0.6) is 5.75 Å². The Balaban J connectivity index is 1.61. The Kier molecular flexibility index (Phi) is 5.77. The monoisotopic (exact) mass is 472 g/mol. The molecule has 0 aliphatic carbocycles. The first-order valence-electron chi connectivity index (χ1n) is 9.93. The molecule has 176 valence electrons. The van der Waals surface area contributed by atoms with Gasteiger partial charge < -0.3 is 20.1 Å². The molecule has 3 N–H and O–H groups in total. The van der Waals surface area contributed by atoms with Gasteiger partial charge in [0.2, 0.25) is 0 Å². The standard InChI is InChI=1S/C22H18F6N2O3/c23-21(24,25)12-2-1-11(16(7-12)22(26,27)28)10-33-13-3-4-17-15(8-13)14-5-6-29-18(9-19(31)32)20(14)30-17/h1-4,7-8,18,29-30H,5-6,9-10H2,(H,31,32)/t18-/m0/s1. The number of aliphatic carboxylic acids is 1. The van der Waals surface area contributed by atoms with Gasteiger partial charge in [0.05, 0.1) is 23.6 Å². The lowest BCUT2D eigenvalue weighted by Gasteiger charge is -2.22. The van der Waals surface area contributed by atoms with Crippen LogP contribution >= 0.6 is 0 Å². The summed E-state index contributed by atoms with van der Waals surface area (Å²) in [6.45, 7) is -0.0161. The van der Waals surface area contributed by atoms with Gasteiger partial charge in [0.25, 0.3) is 0 Å². The zero-order valence-electron chi connectivity index (χ0n) is 16.9. The molecular weight excluding hydrogens is 454 g/mol. The van der Waals surface area contributed by atoms with Gasteiger partial charge >= 0.3 is 18.3 Å². The highest BCUT2D eigenvalue weighted by Gasteiger charge is 2.38. The number of ether oxygens (including phenoxy) is 1. The fourth-order valence-corrected chi connectivity index (χ4v) is 4.03. The van der Waals surface area contributed by atoms with Gasteiger partial charge in [-0.1, -0.05) is 6.07 Å². The highest BCUT2D eigenvalue weighted by Crippen LogP contribution is 2.38. The number of fused-ring (bicyclic) bond motifs is 3. The Labute approximate surface area is 183 Å². The van der Waals surface area contributed by atoms with E-state index in [4.69, 9.17) is 9.84 Å². The van der Waals surface area contributed by atoms with Crippen molar-refractivity contribution in [1.82, 2.24) is 10.3 Å². The molecule has 4 rings (SSSR count). The lowest BCUT2D eigenvalue weighted by Crippen LogP contribution is -2.31. The Bertz CT molecular complexity index is 1200. The maximum atomic E-state index is 13.3. The van der Waals surface area contributed by atoms with E-state index in [2.05, 4.69) is 10.3 Å². The van der Waals surface area contributed by atoms with Crippen molar-refractivity contribution in [3.8, 4) is 5.75 Å². The largest absolute Gasteiger partial charge is 0.489 e. The molecule has 0 amide bonds. The second kappa shape index (κ2) is 8.29. The van der Waals surface area contributed by atoms with E-state index in [1.165, 1.54) is 6.07 Å². The van der Waals surface area contributed by atoms with Crippen LogP contribution in [-0.4, -0.2) is 22.6 Å². The Morgan fingerprint density at radius 1 is 1.06 bits per heavy atom. The fourth-order valence-electron chi connectivity index (χ4n) is 4.03. The lowest BCUT2D eigenvalue weighted by atomic mass is 9.97. The van der Waals surface area contributed by atoms with Crippen LogP contribution in [0.25, 0.3) is 10.9 Å². The van der Waals surface area contributed by atoms with E-state index in [1.54, 1.807) is 12.1 Å². The van der Waals surface area contributed by atoms with Gasteiger partial charge in [-0.25, -0.2) is 0 Å². The molecule has 1 atom stereocenters. The third kappa shape index (κ3) is 4.77. The number of aromatic nitrogens is 1. The quantitative estimate of drug-likeness (QED) is 0.432. The van der Waals surface area contributed by atoms with Crippen LogP contribution in [0, 0.1) is 0 Å². The predicted molar refractivity (Wildman–Crippen MR) is 106 cm³/mol. The molecule has 2 heterocycles. The summed E-state index contributed by atoms with van der Waals surface area (Å²) in [5.41, 5.74) is -0.860. The number of aromatic amines is 1. The SMILES string of the molecule is O=C(O)C[C@@H]1NCCc2c1[nH]c1ccc(OCc3ccc(C(F)(F)F)cc3C(F)(F)F)cc21. The van der Waals surface area contributed by atoms with E-state index in [0.717, 1.165) is 28.2 Å². The molecule has 33 heavy (non-hydrogen) atoms. The zero-order chi connectivity index (χ0) is 24.0. The molecule has 0 radical (unpaired) electrons. The van der Waals surface area contributed by atoms with Crippen LogP contribution in [0.15, 0.2) is 36.4 Å². The minimum atomic E-state index is -4.98. The number of halogens is 6. The number of hydrogen-bond acceptors (Lipinski definition) is 3. The maximum Gasteiger partial charge on any atom is 0.416 e. The van der Waals surface area contributed by atoms with E-state index in [9.17, 15) is 31.1 Å². The molecule has 1 aliphatic rings. The zero-order valence-corrected chi connectivity index (χ0v) is 16.9.